The lowest BCUT2D eigenvalue weighted by atomic mass is 10.1. The molecule has 4 nitrogen and oxygen atoms in total. The Bertz CT molecular complexity index is 1060. The standard InChI is InChI=1S/C22H19N3O/c1-3-13-24-15-17(19-11-7-8-12-21(19)24)14-20-16(2)23-25(22(20)26)18-9-5-4-6-10-18/h3-12,14-15H,1,13H2,2H3/b20-14+. The van der Waals surface area contributed by atoms with Crippen LogP contribution in [0.1, 0.15) is 12.5 Å². The molecular weight excluding hydrogens is 322 g/mol. The highest BCUT2D eigenvalue weighted by Crippen LogP contribution is 2.28. The van der Waals surface area contributed by atoms with E-state index in [1.807, 2.05) is 61.5 Å². The lowest BCUT2D eigenvalue weighted by Crippen LogP contribution is -2.21. The maximum Gasteiger partial charge on any atom is 0.280 e. The summed E-state index contributed by atoms with van der Waals surface area (Å²) >= 11 is 0. The van der Waals surface area contributed by atoms with Crippen LogP contribution in [-0.2, 0) is 11.3 Å². The van der Waals surface area contributed by atoms with Gasteiger partial charge in [0, 0.05) is 29.2 Å². The molecule has 0 atom stereocenters. The number of benzene rings is 2. The van der Waals surface area contributed by atoms with E-state index in [-0.39, 0.29) is 5.91 Å². The van der Waals surface area contributed by atoms with Crippen molar-refractivity contribution in [3.63, 3.8) is 0 Å². The zero-order chi connectivity index (χ0) is 18.1. The van der Waals surface area contributed by atoms with Crippen molar-refractivity contribution >= 4 is 34.3 Å². The van der Waals surface area contributed by atoms with Gasteiger partial charge in [0.05, 0.1) is 17.0 Å². The number of nitrogens with zero attached hydrogens (tertiary/aromatic N) is 3. The van der Waals surface area contributed by atoms with Crippen molar-refractivity contribution in [3.05, 3.63) is 84.6 Å². The van der Waals surface area contributed by atoms with E-state index in [1.54, 1.807) is 0 Å². The third-order valence-electron chi connectivity index (χ3n) is 4.51. The molecule has 0 bridgehead atoms. The van der Waals surface area contributed by atoms with Crippen molar-refractivity contribution < 1.29 is 4.79 Å². The van der Waals surface area contributed by atoms with Gasteiger partial charge in [0.2, 0.25) is 0 Å². The smallest absolute Gasteiger partial charge is 0.280 e. The van der Waals surface area contributed by atoms with Gasteiger partial charge in [0.15, 0.2) is 0 Å². The van der Waals surface area contributed by atoms with Crippen molar-refractivity contribution in [2.75, 3.05) is 5.01 Å². The van der Waals surface area contributed by atoms with Crippen molar-refractivity contribution in [1.29, 1.82) is 0 Å². The van der Waals surface area contributed by atoms with Gasteiger partial charge >= 0.3 is 0 Å². The summed E-state index contributed by atoms with van der Waals surface area (Å²) in [5.41, 5.74) is 4.25. The molecular formula is C22H19N3O. The molecule has 1 aromatic heterocycles. The number of allylic oxidation sites excluding steroid dienone is 1. The number of fused-ring (bicyclic) bond motifs is 1. The molecule has 0 unspecified atom stereocenters. The molecule has 1 amide bonds. The molecule has 0 saturated carbocycles. The van der Waals surface area contributed by atoms with Gasteiger partial charge in [-0.25, -0.2) is 0 Å². The Morgan fingerprint density at radius 1 is 1.08 bits per heavy atom. The van der Waals surface area contributed by atoms with E-state index in [9.17, 15) is 4.79 Å². The summed E-state index contributed by atoms with van der Waals surface area (Å²) in [5.74, 6) is -0.103. The predicted molar refractivity (Wildman–Crippen MR) is 107 cm³/mol. The van der Waals surface area contributed by atoms with Crippen molar-refractivity contribution in [1.82, 2.24) is 4.57 Å². The van der Waals surface area contributed by atoms with Crippen LogP contribution in [-0.4, -0.2) is 16.2 Å². The molecule has 0 N–H and O–H groups in total. The van der Waals surface area contributed by atoms with Gasteiger partial charge in [-0.3, -0.25) is 4.79 Å². The summed E-state index contributed by atoms with van der Waals surface area (Å²) in [6.07, 6.45) is 5.87. The second-order valence-electron chi connectivity index (χ2n) is 6.24. The molecule has 0 aliphatic carbocycles. The second kappa shape index (κ2) is 6.48. The van der Waals surface area contributed by atoms with Crippen molar-refractivity contribution in [2.45, 2.75) is 13.5 Å². The summed E-state index contributed by atoms with van der Waals surface area (Å²) in [7, 11) is 0. The monoisotopic (exact) mass is 341 g/mol. The highest BCUT2D eigenvalue weighted by molar-refractivity contribution is 6.32. The van der Waals surface area contributed by atoms with Gasteiger partial charge in [-0.2, -0.15) is 10.1 Å². The van der Waals surface area contributed by atoms with Gasteiger partial charge < -0.3 is 4.57 Å². The number of rotatable bonds is 4. The highest BCUT2D eigenvalue weighted by atomic mass is 16.2. The summed E-state index contributed by atoms with van der Waals surface area (Å²) in [4.78, 5) is 12.9. The van der Waals surface area contributed by atoms with Crippen LogP contribution < -0.4 is 5.01 Å². The number of aromatic nitrogens is 1. The topological polar surface area (TPSA) is 37.6 Å². The SMILES string of the molecule is C=CCn1cc(/C=C2/C(=O)N(c3ccccc3)N=C2C)c2ccccc21. The van der Waals surface area contributed by atoms with Gasteiger partial charge in [-0.15, -0.1) is 6.58 Å². The second-order valence-corrected chi connectivity index (χ2v) is 6.24. The van der Waals surface area contributed by atoms with E-state index in [4.69, 9.17) is 0 Å². The Kier molecular flexibility index (Phi) is 4.01. The molecule has 2 heterocycles. The third kappa shape index (κ3) is 2.65. The quantitative estimate of drug-likeness (QED) is 0.503. The first-order valence-corrected chi connectivity index (χ1v) is 8.54. The largest absolute Gasteiger partial charge is 0.343 e. The maximum atomic E-state index is 12.9. The molecule has 2 aromatic carbocycles. The Balaban J connectivity index is 1.78. The number of hydrogen-bond acceptors (Lipinski definition) is 2. The molecule has 0 saturated heterocycles. The van der Waals surface area contributed by atoms with Crippen LogP contribution in [0.15, 0.2) is 84.1 Å². The number of hydrogen-bond donors (Lipinski definition) is 0. The van der Waals surface area contributed by atoms with E-state index in [0.29, 0.717) is 5.57 Å². The molecule has 1 aliphatic heterocycles. The highest BCUT2D eigenvalue weighted by Gasteiger charge is 2.28. The van der Waals surface area contributed by atoms with Gasteiger partial charge in [-0.1, -0.05) is 42.5 Å². The number of carbonyl (C=O) groups is 1. The molecule has 0 spiro atoms. The first kappa shape index (κ1) is 16.1. The normalized spacial score (nSPS) is 15.7. The van der Waals surface area contributed by atoms with E-state index in [2.05, 4.69) is 34.6 Å². The van der Waals surface area contributed by atoms with Crippen LogP contribution in [0.2, 0.25) is 0 Å². The van der Waals surface area contributed by atoms with E-state index in [1.165, 1.54) is 5.01 Å². The van der Waals surface area contributed by atoms with Gasteiger partial charge in [0.25, 0.3) is 5.91 Å². The van der Waals surface area contributed by atoms with Crippen LogP contribution in [0.5, 0.6) is 0 Å². The van der Waals surface area contributed by atoms with Crippen LogP contribution >= 0.6 is 0 Å². The van der Waals surface area contributed by atoms with Crippen LogP contribution in [0.25, 0.3) is 17.0 Å². The zero-order valence-corrected chi connectivity index (χ0v) is 14.6. The zero-order valence-electron chi connectivity index (χ0n) is 14.6. The van der Waals surface area contributed by atoms with Crippen molar-refractivity contribution in [2.24, 2.45) is 5.10 Å². The Morgan fingerprint density at radius 3 is 2.58 bits per heavy atom. The molecule has 0 radical (unpaired) electrons. The molecule has 4 rings (SSSR count). The van der Waals surface area contributed by atoms with E-state index < -0.39 is 0 Å². The number of para-hydroxylation sites is 2. The third-order valence-corrected chi connectivity index (χ3v) is 4.51. The maximum absolute atomic E-state index is 12.9. The fourth-order valence-electron chi connectivity index (χ4n) is 3.26. The summed E-state index contributed by atoms with van der Waals surface area (Å²) in [6.45, 7) is 6.42. The Labute approximate surface area is 152 Å². The molecule has 128 valence electrons. The lowest BCUT2D eigenvalue weighted by Gasteiger charge is -2.10. The molecule has 4 heteroatoms. The average molecular weight is 341 g/mol. The first-order valence-electron chi connectivity index (χ1n) is 8.54. The summed E-state index contributed by atoms with van der Waals surface area (Å²) in [6, 6.07) is 17.7. The fraction of sp³-hybridized carbons (Fsp3) is 0.0909. The summed E-state index contributed by atoms with van der Waals surface area (Å²) < 4.78 is 2.13. The van der Waals surface area contributed by atoms with E-state index in [0.717, 1.165) is 34.4 Å². The van der Waals surface area contributed by atoms with Crippen LogP contribution in [0, 0.1) is 0 Å². The number of hydrazone groups is 1. The van der Waals surface area contributed by atoms with Crippen molar-refractivity contribution in [3.8, 4) is 0 Å². The number of carbonyl (C=O) groups excluding carboxylic acids is 1. The minimum Gasteiger partial charge on any atom is -0.343 e. The molecule has 1 aliphatic rings. The van der Waals surface area contributed by atoms with E-state index >= 15 is 0 Å². The summed E-state index contributed by atoms with van der Waals surface area (Å²) in [5, 5.41) is 7.02. The number of anilines is 1. The van der Waals surface area contributed by atoms with Crippen LogP contribution in [0.4, 0.5) is 5.69 Å². The molecule has 0 fully saturated rings. The first-order chi connectivity index (χ1) is 12.7. The Hall–Kier alpha value is -3.40. The fourth-order valence-corrected chi connectivity index (χ4v) is 3.26. The van der Waals surface area contributed by atoms with Crippen LogP contribution in [0.3, 0.4) is 0 Å². The predicted octanol–water partition coefficient (Wildman–Crippen LogP) is 4.63. The number of amides is 1. The Morgan fingerprint density at radius 2 is 1.81 bits per heavy atom. The lowest BCUT2D eigenvalue weighted by molar-refractivity contribution is -0.114. The minimum absolute atomic E-state index is 0.103. The van der Waals surface area contributed by atoms with Gasteiger partial charge in [0.1, 0.15) is 0 Å². The molecule has 26 heavy (non-hydrogen) atoms. The molecule has 3 aromatic rings. The average Bonchev–Trinajstić information content (AvgIpc) is 3.16. The van der Waals surface area contributed by atoms with Gasteiger partial charge in [-0.05, 0) is 31.2 Å². The minimum atomic E-state index is -0.103.